The molecule has 4 heteroatoms. The van der Waals surface area contributed by atoms with Gasteiger partial charge in [-0.15, -0.1) is 0 Å². The lowest BCUT2D eigenvalue weighted by atomic mass is 10.00. The number of hydrogen-bond donors (Lipinski definition) is 0. The van der Waals surface area contributed by atoms with Crippen LogP contribution < -0.4 is 4.74 Å². The molecule has 120 valence electrons. The van der Waals surface area contributed by atoms with Crippen LogP contribution in [0.4, 0.5) is 13.2 Å². The molecular formula is C19H17F3O. The topological polar surface area (TPSA) is 9.23 Å². The van der Waals surface area contributed by atoms with E-state index >= 15 is 0 Å². The van der Waals surface area contributed by atoms with E-state index in [4.69, 9.17) is 0 Å². The zero-order chi connectivity index (χ0) is 17.0. The number of hydrogen-bond acceptors (Lipinski definition) is 1. The summed E-state index contributed by atoms with van der Waals surface area (Å²) in [5.41, 5.74) is 2.59. The Morgan fingerprint density at radius 2 is 1.57 bits per heavy atom. The summed E-state index contributed by atoms with van der Waals surface area (Å²) in [5.74, 6) is 5.88. The summed E-state index contributed by atoms with van der Waals surface area (Å²) in [6, 6.07) is 9.52. The number of rotatable bonds is 3. The van der Waals surface area contributed by atoms with E-state index in [1.165, 1.54) is 12.1 Å². The van der Waals surface area contributed by atoms with Crippen molar-refractivity contribution in [1.29, 1.82) is 0 Å². The van der Waals surface area contributed by atoms with E-state index in [2.05, 4.69) is 16.6 Å². The first-order valence-electron chi connectivity index (χ1n) is 7.23. The first-order chi connectivity index (χ1) is 10.9. The van der Waals surface area contributed by atoms with Gasteiger partial charge >= 0.3 is 6.61 Å². The maximum atomic E-state index is 13.7. The van der Waals surface area contributed by atoms with Crippen molar-refractivity contribution >= 4 is 0 Å². The molecular weight excluding hydrogens is 301 g/mol. The smallest absolute Gasteiger partial charge is 0.387 e. The van der Waals surface area contributed by atoms with Crippen LogP contribution in [0.5, 0.6) is 5.75 Å². The Labute approximate surface area is 134 Å². The Balaban J connectivity index is 2.25. The molecule has 0 saturated heterocycles. The van der Waals surface area contributed by atoms with Crippen LogP contribution in [0.15, 0.2) is 36.4 Å². The van der Waals surface area contributed by atoms with Crippen LogP contribution in [0.3, 0.4) is 0 Å². The number of benzene rings is 2. The summed E-state index contributed by atoms with van der Waals surface area (Å²) in [5, 5.41) is 0. The van der Waals surface area contributed by atoms with Crippen LogP contribution >= 0.6 is 0 Å². The molecule has 0 N–H and O–H groups in total. The van der Waals surface area contributed by atoms with E-state index < -0.39 is 6.61 Å². The highest BCUT2D eigenvalue weighted by Crippen LogP contribution is 2.21. The van der Waals surface area contributed by atoms with Gasteiger partial charge < -0.3 is 4.74 Å². The van der Waals surface area contributed by atoms with Crippen LogP contribution in [-0.4, -0.2) is 6.61 Å². The first-order valence-corrected chi connectivity index (χ1v) is 7.23. The minimum absolute atomic E-state index is 0.0739. The molecule has 0 atom stereocenters. The molecule has 0 heterocycles. The maximum absolute atomic E-state index is 13.7. The van der Waals surface area contributed by atoms with E-state index in [0.717, 1.165) is 0 Å². The zero-order valence-corrected chi connectivity index (χ0v) is 13.2. The van der Waals surface area contributed by atoms with Crippen LogP contribution in [-0.2, 0) is 0 Å². The second-order valence-electron chi connectivity index (χ2n) is 5.50. The third-order valence-corrected chi connectivity index (χ3v) is 3.36. The van der Waals surface area contributed by atoms with Crippen molar-refractivity contribution in [3.63, 3.8) is 0 Å². The molecule has 2 aromatic carbocycles. The highest BCUT2D eigenvalue weighted by molar-refractivity contribution is 5.48. The van der Waals surface area contributed by atoms with Gasteiger partial charge in [-0.3, -0.25) is 0 Å². The molecule has 2 rings (SSSR count). The monoisotopic (exact) mass is 318 g/mol. The molecule has 0 aliphatic carbocycles. The molecule has 0 spiro atoms. The zero-order valence-electron chi connectivity index (χ0n) is 13.2. The number of alkyl halides is 2. The summed E-state index contributed by atoms with van der Waals surface area (Å²) in [6.45, 7) is 2.67. The molecule has 0 aromatic heterocycles. The van der Waals surface area contributed by atoms with Crippen LogP contribution in [0, 0.1) is 24.6 Å². The van der Waals surface area contributed by atoms with Gasteiger partial charge in [-0.2, -0.15) is 8.78 Å². The van der Waals surface area contributed by atoms with E-state index in [1.54, 1.807) is 31.2 Å². The summed E-state index contributed by atoms with van der Waals surface area (Å²) in [4.78, 5) is 0. The van der Waals surface area contributed by atoms with Crippen molar-refractivity contribution in [2.75, 3.05) is 0 Å². The fraction of sp³-hybridized carbons (Fsp3) is 0.263. The minimum Gasteiger partial charge on any atom is -0.435 e. The lowest BCUT2D eigenvalue weighted by Crippen LogP contribution is -2.03. The van der Waals surface area contributed by atoms with Gasteiger partial charge in [0, 0.05) is 11.1 Å². The van der Waals surface area contributed by atoms with Gasteiger partial charge in [-0.05, 0) is 60.4 Å². The molecule has 0 aliphatic rings. The van der Waals surface area contributed by atoms with Gasteiger partial charge in [0.25, 0.3) is 0 Å². The van der Waals surface area contributed by atoms with Crippen LogP contribution in [0.1, 0.15) is 42.0 Å². The van der Waals surface area contributed by atoms with E-state index in [1.807, 2.05) is 13.8 Å². The van der Waals surface area contributed by atoms with Gasteiger partial charge in [0.05, 0.1) is 0 Å². The third kappa shape index (κ3) is 4.53. The fourth-order valence-electron chi connectivity index (χ4n) is 2.16. The normalized spacial score (nSPS) is 10.6. The Bertz CT molecular complexity index is 755. The summed E-state index contributed by atoms with van der Waals surface area (Å²) < 4.78 is 42.5. The number of ether oxygens (including phenoxy) is 1. The van der Waals surface area contributed by atoms with Crippen molar-refractivity contribution in [3.05, 3.63) is 64.5 Å². The Morgan fingerprint density at radius 3 is 2.13 bits per heavy atom. The second kappa shape index (κ2) is 7.23. The predicted molar refractivity (Wildman–Crippen MR) is 84.3 cm³/mol. The second-order valence-corrected chi connectivity index (χ2v) is 5.50. The van der Waals surface area contributed by atoms with Gasteiger partial charge in [-0.1, -0.05) is 25.7 Å². The predicted octanol–water partition coefficient (Wildman–Crippen LogP) is 5.26. The van der Waals surface area contributed by atoms with Gasteiger partial charge in [0.15, 0.2) is 0 Å². The summed E-state index contributed by atoms with van der Waals surface area (Å²) >= 11 is 0. The lowest BCUT2D eigenvalue weighted by Gasteiger charge is -2.07. The SMILES string of the molecule is Cc1cc(C#Cc2ccc(F)c(C(C)C)c2)ccc1OC(F)F. The molecule has 2 aromatic rings. The van der Waals surface area contributed by atoms with Gasteiger partial charge in [0.1, 0.15) is 11.6 Å². The molecule has 0 aliphatic heterocycles. The Morgan fingerprint density at radius 1 is 0.957 bits per heavy atom. The van der Waals surface area contributed by atoms with Crippen molar-refractivity contribution in [3.8, 4) is 17.6 Å². The minimum atomic E-state index is -2.85. The molecule has 0 saturated carbocycles. The first kappa shape index (κ1) is 17.0. The largest absolute Gasteiger partial charge is 0.435 e. The van der Waals surface area contributed by atoms with Gasteiger partial charge in [0.2, 0.25) is 0 Å². The van der Waals surface area contributed by atoms with Crippen molar-refractivity contribution in [1.82, 2.24) is 0 Å². The van der Waals surface area contributed by atoms with E-state index in [9.17, 15) is 13.2 Å². The average Bonchev–Trinajstić information content (AvgIpc) is 2.48. The highest BCUT2D eigenvalue weighted by Gasteiger charge is 2.08. The van der Waals surface area contributed by atoms with Crippen molar-refractivity contribution in [2.45, 2.75) is 33.3 Å². The average molecular weight is 318 g/mol. The van der Waals surface area contributed by atoms with Gasteiger partial charge in [-0.25, -0.2) is 4.39 Å². The quantitative estimate of drug-likeness (QED) is 0.702. The lowest BCUT2D eigenvalue weighted by molar-refractivity contribution is -0.0502. The number of halogens is 3. The maximum Gasteiger partial charge on any atom is 0.387 e. The van der Waals surface area contributed by atoms with Crippen LogP contribution in [0.2, 0.25) is 0 Å². The van der Waals surface area contributed by atoms with E-state index in [-0.39, 0.29) is 17.5 Å². The Kier molecular flexibility index (Phi) is 5.33. The molecule has 0 radical (unpaired) electrons. The highest BCUT2D eigenvalue weighted by atomic mass is 19.3. The van der Waals surface area contributed by atoms with Crippen LogP contribution in [0.25, 0.3) is 0 Å². The Hall–Kier alpha value is -2.41. The van der Waals surface area contributed by atoms with Crippen molar-refractivity contribution < 1.29 is 17.9 Å². The van der Waals surface area contributed by atoms with E-state index in [0.29, 0.717) is 22.3 Å². The molecule has 0 unspecified atom stereocenters. The third-order valence-electron chi connectivity index (χ3n) is 3.36. The molecule has 23 heavy (non-hydrogen) atoms. The summed E-state index contributed by atoms with van der Waals surface area (Å²) in [6.07, 6.45) is 0. The summed E-state index contributed by atoms with van der Waals surface area (Å²) in [7, 11) is 0. The standard InChI is InChI=1S/C19H17F3O/c1-12(2)16-11-15(6-8-17(16)20)5-4-14-7-9-18(13(3)10-14)23-19(21)22/h6-12,19H,1-3H3. The molecule has 0 amide bonds. The van der Waals surface area contributed by atoms with Crippen molar-refractivity contribution in [2.24, 2.45) is 0 Å². The molecule has 0 fully saturated rings. The number of aryl methyl sites for hydroxylation is 1. The fourth-order valence-corrected chi connectivity index (χ4v) is 2.16. The molecule has 0 bridgehead atoms. The molecule has 1 nitrogen and oxygen atoms in total.